The Morgan fingerprint density at radius 2 is 2.44 bits per heavy atom. The predicted molar refractivity (Wildman–Crippen MR) is 60.8 cm³/mol. The van der Waals surface area contributed by atoms with Crippen LogP contribution in [0.25, 0.3) is 0 Å². The lowest BCUT2D eigenvalue weighted by atomic mass is 10.1. The second kappa shape index (κ2) is 3.65. The summed E-state index contributed by atoms with van der Waals surface area (Å²) in [7, 11) is 0. The molecule has 1 aromatic heterocycles. The lowest BCUT2D eigenvalue weighted by molar-refractivity contribution is 0.0839. The summed E-state index contributed by atoms with van der Waals surface area (Å²) >= 11 is 0. The maximum Gasteiger partial charge on any atom is 0.151 e. The zero-order chi connectivity index (χ0) is 11.8. The van der Waals surface area contributed by atoms with Gasteiger partial charge in [0.15, 0.2) is 5.82 Å². The highest BCUT2D eigenvalue weighted by Crippen LogP contribution is 2.28. The van der Waals surface area contributed by atoms with Crippen LogP contribution >= 0.6 is 0 Å². The Balaban J connectivity index is 2.26. The van der Waals surface area contributed by atoms with E-state index in [-0.39, 0.29) is 0 Å². The van der Waals surface area contributed by atoms with Crippen molar-refractivity contribution in [2.45, 2.75) is 18.9 Å². The molecule has 1 aliphatic heterocycles. The van der Waals surface area contributed by atoms with Crippen LogP contribution < -0.4 is 10.6 Å². The van der Waals surface area contributed by atoms with E-state index in [1.807, 2.05) is 11.0 Å². The van der Waals surface area contributed by atoms with Crippen molar-refractivity contribution in [3.05, 3.63) is 17.8 Å². The Morgan fingerprint density at radius 1 is 1.69 bits per heavy atom. The summed E-state index contributed by atoms with van der Waals surface area (Å²) in [5.74, 6) is 0.650. The van der Waals surface area contributed by atoms with Crippen molar-refractivity contribution in [1.82, 2.24) is 4.98 Å². The van der Waals surface area contributed by atoms with Crippen LogP contribution in [0.15, 0.2) is 12.3 Å². The molecule has 1 unspecified atom stereocenters. The lowest BCUT2D eigenvalue weighted by Gasteiger charge is -2.21. The first-order chi connectivity index (χ1) is 7.52. The maximum absolute atomic E-state index is 9.86. The second-order valence-corrected chi connectivity index (χ2v) is 4.42. The molecule has 0 spiro atoms. The van der Waals surface area contributed by atoms with Crippen LogP contribution in [-0.2, 0) is 0 Å². The van der Waals surface area contributed by atoms with Gasteiger partial charge in [-0.1, -0.05) is 0 Å². The van der Waals surface area contributed by atoms with Crippen LogP contribution in [0.5, 0.6) is 0 Å². The number of nitrogens with zero attached hydrogens (tertiary/aromatic N) is 3. The highest BCUT2D eigenvalue weighted by molar-refractivity contribution is 5.65. The number of aliphatic hydroxyl groups is 1. The number of aromatic nitrogens is 1. The fraction of sp³-hybridized carbons (Fsp3) is 0.455. The molecule has 1 atom stereocenters. The Morgan fingerprint density at radius 3 is 2.94 bits per heavy atom. The van der Waals surface area contributed by atoms with Crippen LogP contribution in [0.1, 0.15) is 18.9 Å². The van der Waals surface area contributed by atoms with Crippen LogP contribution in [0.3, 0.4) is 0 Å². The van der Waals surface area contributed by atoms with Crippen molar-refractivity contribution in [3.63, 3.8) is 0 Å². The molecule has 2 heterocycles. The number of anilines is 2. The molecule has 0 aliphatic carbocycles. The SMILES string of the molecule is CC1(O)CCN(c2ncc(C#N)cc2N)C1. The van der Waals surface area contributed by atoms with Gasteiger partial charge >= 0.3 is 0 Å². The van der Waals surface area contributed by atoms with E-state index in [0.717, 1.165) is 6.54 Å². The Kier molecular flexibility index (Phi) is 2.44. The summed E-state index contributed by atoms with van der Waals surface area (Å²) < 4.78 is 0. The number of pyridine rings is 1. The maximum atomic E-state index is 9.86. The number of hydrogen-bond acceptors (Lipinski definition) is 5. The molecule has 5 heteroatoms. The third-order valence-electron chi connectivity index (χ3n) is 2.78. The summed E-state index contributed by atoms with van der Waals surface area (Å²) in [6.45, 7) is 3.05. The Bertz CT molecular complexity index is 450. The van der Waals surface area contributed by atoms with Gasteiger partial charge in [-0.05, 0) is 19.4 Å². The minimum absolute atomic E-state index is 0.451. The smallest absolute Gasteiger partial charge is 0.151 e. The summed E-state index contributed by atoms with van der Waals surface area (Å²) in [6, 6.07) is 3.60. The molecule has 0 radical (unpaired) electrons. The van der Waals surface area contributed by atoms with Gasteiger partial charge < -0.3 is 15.7 Å². The van der Waals surface area contributed by atoms with E-state index in [2.05, 4.69) is 4.98 Å². The van der Waals surface area contributed by atoms with Crippen LogP contribution in [0.4, 0.5) is 11.5 Å². The van der Waals surface area contributed by atoms with Gasteiger partial charge in [-0.3, -0.25) is 0 Å². The molecule has 0 amide bonds. The van der Waals surface area contributed by atoms with Crippen molar-refractivity contribution in [2.75, 3.05) is 23.7 Å². The first kappa shape index (κ1) is 10.7. The molecule has 0 bridgehead atoms. The standard InChI is InChI=1S/C11H14N4O/c1-11(16)2-3-15(7-11)10-9(13)4-8(5-12)6-14-10/h4,6,16H,2-3,7,13H2,1H3. The molecule has 16 heavy (non-hydrogen) atoms. The summed E-state index contributed by atoms with van der Waals surface area (Å²) in [6.07, 6.45) is 2.20. The number of nitrogen functional groups attached to an aromatic ring is 1. The van der Waals surface area contributed by atoms with E-state index in [0.29, 0.717) is 30.0 Å². The highest BCUT2D eigenvalue weighted by atomic mass is 16.3. The summed E-state index contributed by atoms with van der Waals surface area (Å²) in [5.41, 5.74) is 6.08. The fourth-order valence-corrected chi connectivity index (χ4v) is 1.93. The fourth-order valence-electron chi connectivity index (χ4n) is 1.93. The van der Waals surface area contributed by atoms with Gasteiger partial charge in [-0.2, -0.15) is 5.26 Å². The van der Waals surface area contributed by atoms with Crippen LogP contribution in [0, 0.1) is 11.3 Å². The van der Waals surface area contributed by atoms with Gasteiger partial charge in [0.2, 0.25) is 0 Å². The molecule has 5 nitrogen and oxygen atoms in total. The second-order valence-electron chi connectivity index (χ2n) is 4.42. The van der Waals surface area contributed by atoms with E-state index in [4.69, 9.17) is 11.0 Å². The lowest BCUT2D eigenvalue weighted by Crippen LogP contribution is -2.30. The Hall–Kier alpha value is -1.80. The summed E-state index contributed by atoms with van der Waals surface area (Å²) in [5, 5.41) is 18.6. The summed E-state index contributed by atoms with van der Waals surface area (Å²) in [4.78, 5) is 6.10. The van der Waals surface area contributed by atoms with Crippen LogP contribution in [0.2, 0.25) is 0 Å². The molecule has 1 aromatic rings. The number of rotatable bonds is 1. The normalized spacial score (nSPS) is 24.4. The minimum Gasteiger partial charge on any atom is -0.396 e. The number of β-amino-alcohol motifs (C(OH)–C–C–N with tert-alkyl or cyclic N) is 1. The van der Waals surface area contributed by atoms with E-state index >= 15 is 0 Å². The molecule has 1 aliphatic rings. The quantitative estimate of drug-likeness (QED) is 0.716. The van der Waals surface area contributed by atoms with Crippen molar-refractivity contribution in [2.24, 2.45) is 0 Å². The largest absolute Gasteiger partial charge is 0.396 e. The molecular weight excluding hydrogens is 204 g/mol. The molecule has 3 N–H and O–H groups in total. The zero-order valence-corrected chi connectivity index (χ0v) is 9.14. The number of nitriles is 1. The van der Waals surface area contributed by atoms with E-state index < -0.39 is 5.60 Å². The monoisotopic (exact) mass is 218 g/mol. The van der Waals surface area contributed by atoms with Crippen molar-refractivity contribution < 1.29 is 5.11 Å². The van der Waals surface area contributed by atoms with Gasteiger partial charge in [0, 0.05) is 19.3 Å². The topological polar surface area (TPSA) is 86.2 Å². The highest BCUT2D eigenvalue weighted by Gasteiger charge is 2.32. The van der Waals surface area contributed by atoms with Gasteiger partial charge in [-0.25, -0.2) is 4.98 Å². The average molecular weight is 218 g/mol. The molecule has 2 rings (SSSR count). The third kappa shape index (κ3) is 1.92. The minimum atomic E-state index is -0.679. The van der Waals surface area contributed by atoms with Crippen molar-refractivity contribution in [3.8, 4) is 6.07 Å². The average Bonchev–Trinajstić information content (AvgIpc) is 2.58. The number of nitrogens with two attached hydrogens (primary N) is 1. The molecule has 1 saturated heterocycles. The van der Waals surface area contributed by atoms with Gasteiger partial charge in [0.1, 0.15) is 6.07 Å². The molecule has 0 saturated carbocycles. The third-order valence-corrected chi connectivity index (χ3v) is 2.78. The predicted octanol–water partition coefficient (Wildman–Crippen LogP) is 0.497. The van der Waals surface area contributed by atoms with E-state index in [1.54, 1.807) is 13.0 Å². The molecule has 84 valence electrons. The van der Waals surface area contributed by atoms with Crippen molar-refractivity contribution in [1.29, 1.82) is 5.26 Å². The Labute approximate surface area is 94.1 Å². The van der Waals surface area contributed by atoms with E-state index in [9.17, 15) is 5.11 Å². The first-order valence-electron chi connectivity index (χ1n) is 5.15. The van der Waals surface area contributed by atoms with Crippen LogP contribution in [-0.4, -0.2) is 28.8 Å². The molecule has 1 fully saturated rings. The van der Waals surface area contributed by atoms with Crippen molar-refractivity contribution >= 4 is 11.5 Å². The molecular formula is C11H14N4O. The zero-order valence-electron chi connectivity index (χ0n) is 9.14. The van der Waals surface area contributed by atoms with E-state index in [1.165, 1.54) is 6.20 Å². The molecule has 0 aromatic carbocycles. The van der Waals surface area contributed by atoms with Gasteiger partial charge in [0.25, 0.3) is 0 Å². The van der Waals surface area contributed by atoms with Gasteiger partial charge in [-0.15, -0.1) is 0 Å². The number of hydrogen-bond donors (Lipinski definition) is 2. The van der Waals surface area contributed by atoms with Gasteiger partial charge in [0.05, 0.1) is 16.9 Å². The first-order valence-corrected chi connectivity index (χ1v) is 5.15.